The van der Waals surface area contributed by atoms with Gasteiger partial charge in [0.05, 0.1) is 0 Å². The highest BCUT2D eigenvalue weighted by atomic mass is 35.5. The van der Waals surface area contributed by atoms with Gasteiger partial charge in [0.25, 0.3) is 0 Å². The average molecular weight is 280 g/mol. The largest absolute Gasteiger partial charge is 0.484 e. The zero-order valence-electron chi connectivity index (χ0n) is 10.6. The van der Waals surface area contributed by atoms with Crippen molar-refractivity contribution in [3.63, 3.8) is 0 Å². The molecule has 0 fully saturated rings. The predicted molar refractivity (Wildman–Crippen MR) is 75.0 cm³/mol. The first-order valence-electron chi connectivity index (χ1n) is 5.99. The summed E-state index contributed by atoms with van der Waals surface area (Å²) in [5.74, 6) is 0.144. The van der Waals surface area contributed by atoms with Crippen LogP contribution >= 0.6 is 11.6 Å². The second kappa shape index (κ2) is 6.04. The molecule has 0 aliphatic rings. The summed E-state index contributed by atoms with van der Waals surface area (Å²) in [7, 11) is 0. The molecule has 0 aromatic heterocycles. The number of ether oxygens (including phenoxy) is 1. The third-order valence-corrected chi connectivity index (χ3v) is 3.23. The van der Waals surface area contributed by atoms with Crippen LogP contribution in [0.4, 0.5) is 4.39 Å². The smallest absolute Gasteiger partial charge is 0.137 e. The van der Waals surface area contributed by atoms with E-state index in [1.54, 1.807) is 12.1 Å². The first-order chi connectivity index (χ1) is 9.11. The lowest BCUT2D eigenvalue weighted by atomic mass is 10.1. The molecule has 0 saturated heterocycles. The monoisotopic (exact) mass is 279 g/mol. The summed E-state index contributed by atoms with van der Waals surface area (Å²) in [5.41, 5.74) is 7.39. The zero-order chi connectivity index (χ0) is 13.8. The van der Waals surface area contributed by atoms with Crippen molar-refractivity contribution in [2.75, 3.05) is 6.54 Å². The fourth-order valence-corrected chi connectivity index (χ4v) is 2.09. The molecule has 19 heavy (non-hydrogen) atoms. The molecule has 0 spiro atoms. The van der Waals surface area contributed by atoms with Crippen molar-refractivity contribution in [1.82, 2.24) is 0 Å². The van der Waals surface area contributed by atoms with Crippen LogP contribution in [0.15, 0.2) is 42.5 Å². The molecule has 2 aromatic carbocycles. The molecule has 0 amide bonds. The second-order valence-corrected chi connectivity index (χ2v) is 4.68. The van der Waals surface area contributed by atoms with Crippen molar-refractivity contribution in [3.05, 3.63) is 64.4 Å². The SMILES string of the molecule is Cc1ccc(F)cc1OC(CN)c1ccccc1Cl. The van der Waals surface area contributed by atoms with Crippen LogP contribution in [0, 0.1) is 12.7 Å². The van der Waals surface area contributed by atoms with Gasteiger partial charge in [-0.3, -0.25) is 0 Å². The van der Waals surface area contributed by atoms with Crippen LogP contribution in [0.1, 0.15) is 17.2 Å². The maximum atomic E-state index is 13.2. The van der Waals surface area contributed by atoms with E-state index in [-0.39, 0.29) is 12.4 Å². The van der Waals surface area contributed by atoms with Gasteiger partial charge in [0.2, 0.25) is 0 Å². The highest BCUT2D eigenvalue weighted by Crippen LogP contribution is 2.29. The van der Waals surface area contributed by atoms with E-state index < -0.39 is 6.10 Å². The number of aryl methyl sites for hydroxylation is 1. The highest BCUT2D eigenvalue weighted by Gasteiger charge is 2.16. The maximum absolute atomic E-state index is 13.2. The molecule has 0 heterocycles. The van der Waals surface area contributed by atoms with Crippen LogP contribution in [0.3, 0.4) is 0 Å². The molecule has 0 bridgehead atoms. The van der Waals surface area contributed by atoms with Crippen molar-refractivity contribution in [2.45, 2.75) is 13.0 Å². The molecule has 0 radical (unpaired) electrons. The average Bonchev–Trinajstić information content (AvgIpc) is 2.41. The van der Waals surface area contributed by atoms with Gasteiger partial charge in [-0.2, -0.15) is 0 Å². The van der Waals surface area contributed by atoms with Crippen LogP contribution < -0.4 is 10.5 Å². The lowest BCUT2D eigenvalue weighted by Gasteiger charge is -2.20. The first-order valence-corrected chi connectivity index (χ1v) is 6.37. The number of nitrogens with two attached hydrogens (primary N) is 1. The Bertz CT molecular complexity index is 574. The van der Waals surface area contributed by atoms with E-state index in [0.717, 1.165) is 11.1 Å². The third-order valence-electron chi connectivity index (χ3n) is 2.89. The predicted octanol–water partition coefficient (Wildman–Crippen LogP) is 3.87. The van der Waals surface area contributed by atoms with Crippen molar-refractivity contribution in [1.29, 1.82) is 0 Å². The molecule has 0 saturated carbocycles. The lowest BCUT2D eigenvalue weighted by Crippen LogP contribution is -2.19. The Hall–Kier alpha value is -1.58. The Balaban J connectivity index is 2.29. The Morgan fingerprint density at radius 3 is 2.68 bits per heavy atom. The standard InChI is InChI=1S/C15H15ClFNO/c1-10-6-7-11(17)8-14(10)19-15(9-18)12-4-2-3-5-13(12)16/h2-8,15H,9,18H2,1H3. The number of hydrogen-bond acceptors (Lipinski definition) is 2. The molecule has 1 unspecified atom stereocenters. The Kier molecular flexibility index (Phi) is 4.40. The minimum absolute atomic E-state index is 0.264. The van der Waals surface area contributed by atoms with Crippen molar-refractivity contribution in [3.8, 4) is 5.75 Å². The van der Waals surface area contributed by atoms with E-state index in [1.165, 1.54) is 12.1 Å². The molecule has 0 aliphatic heterocycles. The Morgan fingerprint density at radius 2 is 2.00 bits per heavy atom. The number of benzene rings is 2. The van der Waals surface area contributed by atoms with Crippen LogP contribution in [-0.2, 0) is 0 Å². The molecule has 0 aliphatic carbocycles. The van der Waals surface area contributed by atoms with Gasteiger partial charge in [-0.05, 0) is 24.6 Å². The summed E-state index contributed by atoms with van der Waals surface area (Å²) in [5, 5.41) is 0.590. The second-order valence-electron chi connectivity index (χ2n) is 4.27. The summed E-state index contributed by atoms with van der Waals surface area (Å²) in [6, 6.07) is 11.8. The van der Waals surface area contributed by atoms with Gasteiger partial charge in [0.15, 0.2) is 0 Å². The minimum atomic E-state index is -0.394. The molecular weight excluding hydrogens is 265 g/mol. The molecule has 2 rings (SSSR count). The van der Waals surface area contributed by atoms with E-state index in [9.17, 15) is 4.39 Å². The van der Waals surface area contributed by atoms with Gasteiger partial charge >= 0.3 is 0 Å². The molecule has 1 atom stereocenters. The summed E-state index contributed by atoms with van der Waals surface area (Å²) in [6.07, 6.45) is -0.394. The molecular formula is C15H15ClFNO. The quantitative estimate of drug-likeness (QED) is 0.922. The van der Waals surface area contributed by atoms with E-state index in [4.69, 9.17) is 22.1 Å². The van der Waals surface area contributed by atoms with Gasteiger partial charge in [-0.1, -0.05) is 35.9 Å². The number of rotatable bonds is 4. The van der Waals surface area contributed by atoms with Gasteiger partial charge in [-0.25, -0.2) is 4.39 Å². The van der Waals surface area contributed by atoms with Gasteiger partial charge < -0.3 is 10.5 Å². The minimum Gasteiger partial charge on any atom is -0.484 e. The van der Waals surface area contributed by atoms with Crippen LogP contribution in [-0.4, -0.2) is 6.54 Å². The molecule has 2 aromatic rings. The molecule has 4 heteroatoms. The fourth-order valence-electron chi connectivity index (χ4n) is 1.83. The molecule has 2 nitrogen and oxygen atoms in total. The fraction of sp³-hybridized carbons (Fsp3) is 0.200. The highest BCUT2D eigenvalue weighted by molar-refractivity contribution is 6.31. The number of halogens is 2. The zero-order valence-corrected chi connectivity index (χ0v) is 11.3. The summed E-state index contributed by atoms with van der Waals surface area (Å²) in [6.45, 7) is 2.12. The Morgan fingerprint density at radius 1 is 1.26 bits per heavy atom. The Labute approximate surface area is 117 Å². The van der Waals surface area contributed by atoms with E-state index in [0.29, 0.717) is 10.8 Å². The maximum Gasteiger partial charge on any atom is 0.137 e. The van der Waals surface area contributed by atoms with Crippen LogP contribution in [0.5, 0.6) is 5.75 Å². The molecule has 100 valence electrons. The third kappa shape index (κ3) is 3.25. The number of hydrogen-bond donors (Lipinski definition) is 1. The van der Waals surface area contributed by atoms with Gasteiger partial charge in [0, 0.05) is 23.2 Å². The van der Waals surface area contributed by atoms with Gasteiger partial charge in [0.1, 0.15) is 17.7 Å². The summed E-state index contributed by atoms with van der Waals surface area (Å²) < 4.78 is 19.0. The first kappa shape index (κ1) is 13.8. The lowest BCUT2D eigenvalue weighted by molar-refractivity contribution is 0.212. The van der Waals surface area contributed by atoms with Crippen LogP contribution in [0.25, 0.3) is 0 Å². The van der Waals surface area contributed by atoms with E-state index >= 15 is 0 Å². The topological polar surface area (TPSA) is 35.2 Å². The van der Waals surface area contributed by atoms with Crippen molar-refractivity contribution >= 4 is 11.6 Å². The summed E-state index contributed by atoms with van der Waals surface area (Å²) >= 11 is 6.13. The van der Waals surface area contributed by atoms with Gasteiger partial charge in [-0.15, -0.1) is 0 Å². The van der Waals surface area contributed by atoms with Crippen LogP contribution in [0.2, 0.25) is 5.02 Å². The van der Waals surface area contributed by atoms with Crippen molar-refractivity contribution < 1.29 is 9.13 Å². The van der Waals surface area contributed by atoms with E-state index in [1.807, 2.05) is 25.1 Å². The van der Waals surface area contributed by atoms with Crippen molar-refractivity contribution in [2.24, 2.45) is 5.73 Å². The summed E-state index contributed by atoms with van der Waals surface area (Å²) in [4.78, 5) is 0. The normalized spacial score (nSPS) is 12.2. The van der Waals surface area contributed by atoms with E-state index in [2.05, 4.69) is 0 Å². The molecule has 2 N–H and O–H groups in total.